The fourth-order valence-electron chi connectivity index (χ4n) is 4.22. The van der Waals surface area contributed by atoms with Crippen molar-refractivity contribution >= 4 is 5.91 Å². The molecule has 1 amide bonds. The van der Waals surface area contributed by atoms with Crippen LogP contribution >= 0.6 is 0 Å². The number of aryl methyl sites for hydroxylation is 1. The fourth-order valence-corrected chi connectivity index (χ4v) is 4.22. The van der Waals surface area contributed by atoms with Gasteiger partial charge in [0, 0.05) is 17.7 Å². The average molecular weight is 452 g/mol. The number of hydrogen-bond acceptors (Lipinski definition) is 6. The number of nitrogens with one attached hydrogen (secondary N) is 1. The molecule has 1 aliphatic rings. The van der Waals surface area contributed by atoms with Crippen LogP contribution in [0.4, 0.5) is 0 Å². The number of carbonyl (C=O) groups is 1. The van der Waals surface area contributed by atoms with Gasteiger partial charge in [0.05, 0.1) is 25.9 Å². The van der Waals surface area contributed by atoms with Crippen LogP contribution in [-0.2, 0) is 0 Å². The summed E-state index contributed by atoms with van der Waals surface area (Å²) in [6, 6.07) is 10.4. The van der Waals surface area contributed by atoms with E-state index in [1.54, 1.807) is 11.0 Å². The van der Waals surface area contributed by atoms with Gasteiger partial charge in [-0.15, -0.1) is 0 Å². The second kappa shape index (κ2) is 9.54. The minimum atomic E-state index is -0.507. The van der Waals surface area contributed by atoms with Crippen LogP contribution < -0.4 is 9.47 Å². The number of ether oxygens (including phenoxy) is 2. The molecule has 1 atom stereocenters. The van der Waals surface area contributed by atoms with Crippen LogP contribution in [0.5, 0.6) is 17.2 Å². The van der Waals surface area contributed by atoms with E-state index in [1.165, 1.54) is 0 Å². The minimum Gasteiger partial charge on any atom is -0.507 e. The van der Waals surface area contributed by atoms with Crippen molar-refractivity contribution in [2.24, 2.45) is 0 Å². The number of hydrogen-bond donors (Lipinski definition) is 3. The maximum atomic E-state index is 13.2. The molecular weight excluding hydrogens is 422 g/mol. The van der Waals surface area contributed by atoms with Crippen molar-refractivity contribution < 1.29 is 24.5 Å². The monoisotopic (exact) mass is 451 g/mol. The molecule has 8 heteroatoms. The smallest absolute Gasteiger partial charge is 0.273 e. The lowest BCUT2D eigenvalue weighted by molar-refractivity contribution is 0.0706. The van der Waals surface area contributed by atoms with Gasteiger partial charge in [-0.25, -0.2) is 0 Å². The molecule has 2 heterocycles. The molecule has 2 aromatic carbocycles. The molecule has 0 saturated carbocycles. The second-order valence-corrected chi connectivity index (χ2v) is 7.99. The Hall–Kier alpha value is -3.52. The van der Waals surface area contributed by atoms with Crippen molar-refractivity contribution in [3.63, 3.8) is 0 Å². The third-order valence-electron chi connectivity index (χ3n) is 5.66. The Labute approximate surface area is 192 Å². The molecule has 0 fully saturated rings. The number of phenolic OH excluding ortho intramolecular Hbond substituents is 1. The Balaban J connectivity index is 1.86. The van der Waals surface area contributed by atoms with E-state index in [9.17, 15) is 15.0 Å². The topological polar surface area (TPSA) is 108 Å². The van der Waals surface area contributed by atoms with Crippen molar-refractivity contribution in [2.45, 2.75) is 33.2 Å². The molecule has 0 unspecified atom stereocenters. The number of aromatic nitrogens is 2. The predicted molar refractivity (Wildman–Crippen MR) is 124 cm³/mol. The molecule has 0 bridgehead atoms. The number of aliphatic hydroxyl groups is 1. The molecule has 1 aromatic heterocycles. The normalized spacial score (nSPS) is 15.1. The quantitative estimate of drug-likeness (QED) is 0.457. The van der Waals surface area contributed by atoms with Gasteiger partial charge in [-0.05, 0) is 50.1 Å². The molecule has 8 nitrogen and oxygen atoms in total. The molecule has 3 N–H and O–H groups in total. The standard InChI is InChI=1S/C25H29N3O5/c1-4-12-33-19-9-7-16(14-20(19)32-5-2)24-21-22(17-13-15(3)6-8-18(17)30)26-27-23(21)25(31)28(24)10-11-29/h6-9,13-14,24,29-30H,4-5,10-12H2,1-3H3,(H,26,27)/t24-/m0/s1. The number of phenols is 1. The van der Waals surface area contributed by atoms with Crippen LogP contribution in [0.15, 0.2) is 36.4 Å². The number of aliphatic hydroxyl groups excluding tert-OH is 1. The Bertz CT molecular complexity index is 1160. The van der Waals surface area contributed by atoms with Crippen LogP contribution in [0.3, 0.4) is 0 Å². The van der Waals surface area contributed by atoms with E-state index in [1.807, 2.05) is 51.1 Å². The van der Waals surface area contributed by atoms with E-state index in [2.05, 4.69) is 10.2 Å². The molecule has 0 spiro atoms. The molecule has 33 heavy (non-hydrogen) atoms. The first kappa shape index (κ1) is 22.7. The maximum Gasteiger partial charge on any atom is 0.273 e. The van der Waals surface area contributed by atoms with Gasteiger partial charge in [0.2, 0.25) is 0 Å². The summed E-state index contributed by atoms with van der Waals surface area (Å²) in [6.45, 7) is 6.88. The highest BCUT2D eigenvalue weighted by molar-refractivity contribution is 6.00. The van der Waals surface area contributed by atoms with Gasteiger partial charge in [0.1, 0.15) is 17.1 Å². The van der Waals surface area contributed by atoms with E-state index in [-0.39, 0.29) is 24.8 Å². The molecule has 3 aromatic rings. The van der Waals surface area contributed by atoms with E-state index >= 15 is 0 Å². The molecule has 0 aliphatic carbocycles. The summed E-state index contributed by atoms with van der Waals surface area (Å²) < 4.78 is 11.7. The van der Waals surface area contributed by atoms with Crippen LogP contribution in [0.1, 0.15) is 53.5 Å². The zero-order valence-corrected chi connectivity index (χ0v) is 19.1. The third kappa shape index (κ3) is 4.14. The van der Waals surface area contributed by atoms with Crippen LogP contribution in [0.2, 0.25) is 0 Å². The zero-order chi connectivity index (χ0) is 23.5. The fraction of sp³-hybridized carbons (Fsp3) is 0.360. The Kier molecular flexibility index (Phi) is 6.55. The highest BCUT2D eigenvalue weighted by atomic mass is 16.5. The van der Waals surface area contributed by atoms with Crippen molar-refractivity contribution in [3.8, 4) is 28.5 Å². The number of aromatic amines is 1. The SMILES string of the molecule is CCCOc1ccc([C@H]2c3c(-c4cc(C)ccc4O)n[nH]c3C(=O)N2CCO)cc1OCC. The number of rotatable bonds is 9. The summed E-state index contributed by atoms with van der Waals surface area (Å²) in [6.07, 6.45) is 0.871. The summed E-state index contributed by atoms with van der Waals surface area (Å²) in [5.41, 5.74) is 3.84. The van der Waals surface area contributed by atoms with E-state index in [0.717, 1.165) is 17.5 Å². The number of benzene rings is 2. The van der Waals surface area contributed by atoms with Gasteiger partial charge < -0.3 is 24.6 Å². The molecular formula is C25H29N3O5. The molecule has 4 rings (SSSR count). The molecule has 174 valence electrons. The third-order valence-corrected chi connectivity index (χ3v) is 5.66. The largest absolute Gasteiger partial charge is 0.507 e. The number of nitrogens with zero attached hydrogens (tertiary/aromatic N) is 2. The lowest BCUT2D eigenvalue weighted by atomic mass is 9.95. The van der Waals surface area contributed by atoms with Crippen molar-refractivity contribution in [1.29, 1.82) is 0 Å². The molecule has 0 saturated heterocycles. The number of H-pyrrole nitrogens is 1. The van der Waals surface area contributed by atoms with Crippen LogP contribution in [0, 0.1) is 6.92 Å². The number of amides is 1. The molecule has 0 radical (unpaired) electrons. The second-order valence-electron chi connectivity index (χ2n) is 7.99. The van der Waals surface area contributed by atoms with Crippen LogP contribution in [-0.4, -0.2) is 57.6 Å². The van der Waals surface area contributed by atoms with Crippen LogP contribution in [0.25, 0.3) is 11.3 Å². The van der Waals surface area contributed by atoms with Gasteiger partial charge in [-0.1, -0.05) is 24.6 Å². The average Bonchev–Trinajstić information content (AvgIpc) is 3.34. The summed E-state index contributed by atoms with van der Waals surface area (Å²) >= 11 is 0. The lowest BCUT2D eigenvalue weighted by Gasteiger charge is -2.26. The summed E-state index contributed by atoms with van der Waals surface area (Å²) in [5.74, 6) is 1.07. The van der Waals surface area contributed by atoms with Crippen molar-refractivity contribution in [2.75, 3.05) is 26.4 Å². The Morgan fingerprint density at radius 3 is 2.67 bits per heavy atom. The van der Waals surface area contributed by atoms with E-state index in [0.29, 0.717) is 47.2 Å². The number of carbonyl (C=O) groups excluding carboxylic acids is 1. The van der Waals surface area contributed by atoms with E-state index < -0.39 is 6.04 Å². The van der Waals surface area contributed by atoms with Gasteiger partial charge in [-0.2, -0.15) is 5.10 Å². The van der Waals surface area contributed by atoms with Gasteiger partial charge in [0.15, 0.2) is 11.5 Å². The minimum absolute atomic E-state index is 0.0834. The predicted octanol–water partition coefficient (Wildman–Crippen LogP) is 3.82. The first-order valence-corrected chi connectivity index (χ1v) is 11.2. The summed E-state index contributed by atoms with van der Waals surface area (Å²) in [4.78, 5) is 14.8. The Morgan fingerprint density at radius 1 is 1.12 bits per heavy atom. The van der Waals surface area contributed by atoms with Gasteiger partial charge >= 0.3 is 0 Å². The number of fused-ring (bicyclic) bond motifs is 1. The van der Waals surface area contributed by atoms with Crippen molar-refractivity contribution in [3.05, 3.63) is 58.8 Å². The van der Waals surface area contributed by atoms with Gasteiger partial charge in [0.25, 0.3) is 5.91 Å². The number of aromatic hydroxyl groups is 1. The summed E-state index contributed by atoms with van der Waals surface area (Å²) in [7, 11) is 0. The number of β-amino-alcohol motifs (C(OH)–C–C–N with tert-alkyl or cyclic N) is 1. The Morgan fingerprint density at radius 2 is 1.94 bits per heavy atom. The highest BCUT2D eigenvalue weighted by Gasteiger charge is 2.42. The van der Waals surface area contributed by atoms with Gasteiger partial charge in [-0.3, -0.25) is 9.89 Å². The zero-order valence-electron chi connectivity index (χ0n) is 19.1. The summed E-state index contributed by atoms with van der Waals surface area (Å²) in [5, 5.41) is 27.5. The van der Waals surface area contributed by atoms with E-state index in [4.69, 9.17) is 9.47 Å². The first-order chi connectivity index (χ1) is 16.0. The maximum absolute atomic E-state index is 13.2. The first-order valence-electron chi connectivity index (χ1n) is 11.2. The van der Waals surface area contributed by atoms with Crippen molar-refractivity contribution in [1.82, 2.24) is 15.1 Å². The molecule has 1 aliphatic heterocycles. The highest BCUT2D eigenvalue weighted by Crippen LogP contribution is 2.45. The lowest BCUT2D eigenvalue weighted by Crippen LogP contribution is -2.32.